The highest BCUT2D eigenvalue weighted by Crippen LogP contribution is 2.15. The van der Waals surface area contributed by atoms with E-state index in [1.54, 1.807) is 0 Å². The zero-order chi connectivity index (χ0) is 10.8. The van der Waals surface area contributed by atoms with Crippen LogP contribution in [0, 0.1) is 6.92 Å². The quantitative estimate of drug-likeness (QED) is 0.697. The number of aromatic nitrogens is 2. The van der Waals surface area contributed by atoms with Crippen molar-refractivity contribution in [3.05, 3.63) is 18.0 Å². The van der Waals surface area contributed by atoms with Crippen LogP contribution >= 0.6 is 0 Å². The van der Waals surface area contributed by atoms with Crippen LogP contribution in [-0.4, -0.2) is 35.3 Å². The lowest BCUT2D eigenvalue weighted by atomic mass is 10.2. The maximum atomic E-state index is 5.66. The van der Waals surface area contributed by atoms with Crippen molar-refractivity contribution in [2.24, 2.45) is 0 Å². The van der Waals surface area contributed by atoms with Crippen LogP contribution in [0.1, 0.15) is 19.4 Å². The molecule has 82 valence electrons. The molecule has 2 heterocycles. The number of rotatable bonds is 1. The third-order valence-corrected chi connectivity index (χ3v) is 2.47. The highest BCUT2D eigenvalue weighted by Gasteiger charge is 2.23. The highest BCUT2D eigenvalue weighted by atomic mass is 16.5. The summed E-state index contributed by atoms with van der Waals surface area (Å²) in [5, 5.41) is 0. The molecule has 0 N–H and O–H groups in total. The molecule has 2 atom stereocenters. The van der Waals surface area contributed by atoms with Gasteiger partial charge in [-0.1, -0.05) is 0 Å². The fraction of sp³-hybridized carbons (Fsp3) is 0.636. The molecule has 0 radical (unpaired) electrons. The first-order chi connectivity index (χ1) is 7.15. The van der Waals surface area contributed by atoms with Gasteiger partial charge in [-0.2, -0.15) is 0 Å². The minimum absolute atomic E-state index is 0.249. The van der Waals surface area contributed by atoms with Crippen LogP contribution in [0.2, 0.25) is 0 Å². The van der Waals surface area contributed by atoms with E-state index in [0.717, 1.165) is 24.6 Å². The lowest BCUT2D eigenvalue weighted by Gasteiger charge is -2.35. The summed E-state index contributed by atoms with van der Waals surface area (Å²) >= 11 is 0. The SMILES string of the molecule is Cc1cnc(N2C[C@@H](C)O[C@@H](C)C2)nc1. The molecule has 2 rings (SSSR count). The number of ether oxygens (including phenoxy) is 1. The average Bonchev–Trinajstić information content (AvgIpc) is 2.17. The third-order valence-electron chi connectivity index (χ3n) is 2.47. The van der Waals surface area contributed by atoms with Crippen molar-refractivity contribution in [2.45, 2.75) is 33.0 Å². The summed E-state index contributed by atoms with van der Waals surface area (Å²) in [6.07, 6.45) is 4.21. The molecule has 1 aliphatic rings. The van der Waals surface area contributed by atoms with E-state index in [2.05, 4.69) is 28.7 Å². The van der Waals surface area contributed by atoms with E-state index in [1.165, 1.54) is 0 Å². The van der Waals surface area contributed by atoms with Gasteiger partial charge >= 0.3 is 0 Å². The van der Waals surface area contributed by atoms with Gasteiger partial charge in [0, 0.05) is 25.5 Å². The summed E-state index contributed by atoms with van der Waals surface area (Å²) in [4.78, 5) is 10.8. The largest absolute Gasteiger partial charge is 0.372 e. The molecule has 1 fully saturated rings. The Morgan fingerprint density at radius 3 is 2.27 bits per heavy atom. The van der Waals surface area contributed by atoms with E-state index in [1.807, 2.05) is 19.3 Å². The second kappa shape index (κ2) is 4.14. The normalized spacial score (nSPS) is 26.7. The Bertz CT molecular complexity index is 315. The van der Waals surface area contributed by atoms with Crippen LogP contribution in [0.5, 0.6) is 0 Å². The van der Waals surface area contributed by atoms with Gasteiger partial charge in [0.25, 0.3) is 0 Å². The van der Waals surface area contributed by atoms with Crippen LogP contribution in [0.15, 0.2) is 12.4 Å². The molecule has 0 saturated carbocycles. The predicted octanol–water partition coefficient (Wildman–Crippen LogP) is 1.40. The van der Waals surface area contributed by atoms with Crippen LogP contribution in [-0.2, 0) is 4.74 Å². The molecule has 0 unspecified atom stereocenters. The summed E-state index contributed by atoms with van der Waals surface area (Å²) in [5.74, 6) is 0.808. The van der Waals surface area contributed by atoms with Crippen LogP contribution < -0.4 is 4.90 Å². The van der Waals surface area contributed by atoms with Crippen molar-refractivity contribution >= 4 is 5.95 Å². The van der Waals surface area contributed by atoms with Crippen LogP contribution in [0.25, 0.3) is 0 Å². The molecule has 0 amide bonds. The second-order valence-electron chi connectivity index (χ2n) is 4.22. The van der Waals surface area contributed by atoms with Crippen molar-refractivity contribution in [1.82, 2.24) is 9.97 Å². The molecular formula is C11H17N3O. The van der Waals surface area contributed by atoms with Crippen molar-refractivity contribution in [3.63, 3.8) is 0 Å². The third kappa shape index (κ3) is 2.45. The number of hydrogen-bond acceptors (Lipinski definition) is 4. The van der Waals surface area contributed by atoms with E-state index in [9.17, 15) is 0 Å². The summed E-state index contributed by atoms with van der Waals surface area (Å²) in [5.41, 5.74) is 1.09. The Kier molecular flexibility index (Phi) is 2.86. The molecule has 1 saturated heterocycles. The standard InChI is InChI=1S/C11H17N3O/c1-8-4-12-11(13-5-8)14-6-9(2)15-10(3)7-14/h4-5,9-10H,6-7H2,1-3H3/t9-,10+. The Hall–Kier alpha value is -1.16. The van der Waals surface area contributed by atoms with Crippen LogP contribution in [0.4, 0.5) is 5.95 Å². The summed E-state index contributed by atoms with van der Waals surface area (Å²) in [7, 11) is 0. The number of aryl methyl sites for hydroxylation is 1. The summed E-state index contributed by atoms with van der Waals surface area (Å²) in [6, 6.07) is 0. The maximum Gasteiger partial charge on any atom is 0.225 e. The van der Waals surface area contributed by atoms with Crippen molar-refractivity contribution in [1.29, 1.82) is 0 Å². The Morgan fingerprint density at radius 1 is 1.20 bits per heavy atom. The molecule has 0 aromatic carbocycles. The van der Waals surface area contributed by atoms with Gasteiger partial charge in [0.05, 0.1) is 12.2 Å². The van der Waals surface area contributed by atoms with Gasteiger partial charge in [-0.25, -0.2) is 9.97 Å². The monoisotopic (exact) mass is 207 g/mol. The van der Waals surface area contributed by atoms with E-state index >= 15 is 0 Å². The van der Waals surface area contributed by atoms with Crippen molar-refractivity contribution < 1.29 is 4.74 Å². The van der Waals surface area contributed by atoms with Gasteiger partial charge in [-0.15, -0.1) is 0 Å². The first kappa shape index (κ1) is 10.4. The Labute approximate surface area is 90.3 Å². The molecule has 4 heteroatoms. The predicted molar refractivity (Wildman–Crippen MR) is 59.0 cm³/mol. The average molecular weight is 207 g/mol. The Balaban J connectivity index is 2.12. The molecule has 1 aliphatic heterocycles. The van der Waals surface area contributed by atoms with Gasteiger partial charge < -0.3 is 9.64 Å². The molecule has 0 spiro atoms. The van der Waals surface area contributed by atoms with Gasteiger partial charge in [0.2, 0.25) is 5.95 Å². The fourth-order valence-electron chi connectivity index (χ4n) is 1.89. The zero-order valence-electron chi connectivity index (χ0n) is 9.47. The zero-order valence-corrected chi connectivity index (χ0v) is 9.47. The van der Waals surface area contributed by atoms with Crippen molar-refractivity contribution in [2.75, 3.05) is 18.0 Å². The minimum Gasteiger partial charge on any atom is -0.372 e. The lowest BCUT2D eigenvalue weighted by Crippen LogP contribution is -2.46. The molecule has 15 heavy (non-hydrogen) atoms. The van der Waals surface area contributed by atoms with Gasteiger partial charge in [0.15, 0.2) is 0 Å². The maximum absolute atomic E-state index is 5.66. The molecule has 4 nitrogen and oxygen atoms in total. The highest BCUT2D eigenvalue weighted by molar-refractivity contribution is 5.30. The number of nitrogens with zero attached hydrogens (tertiary/aromatic N) is 3. The molecule has 1 aromatic rings. The summed E-state index contributed by atoms with van der Waals surface area (Å²) in [6.45, 7) is 7.89. The number of morpholine rings is 1. The van der Waals surface area contributed by atoms with Crippen molar-refractivity contribution in [3.8, 4) is 0 Å². The smallest absolute Gasteiger partial charge is 0.225 e. The second-order valence-corrected chi connectivity index (χ2v) is 4.22. The number of anilines is 1. The topological polar surface area (TPSA) is 38.2 Å². The van der Waals surface area contributed by atoms with E-state index in [-0.39, 0.29) is 12.2 Å². The molecule has 0 bridgehead atoms. The first-order valence-corrected chi connectivity index (χ1v) is 5.34. The van der Waals surface area contributed by atoms with Gasteiger partial charge in [-0.05, 0) is 26.3 Å². The van der Waals surface area contributed by atoms with E-state index in [0.29, 0.717) is 0 Å². The summed E-state index contributed by atoms with van der Waals surface area (Å²) < 4.78 is 5.66. The first-order valence-electron chi connectivity index (χ1n) is 5.34. The van der Waals surface area contributed by atoms with Gasteiger partial charge in [-0.3, -0.25) is 0 Å². The Morgan fingerprint density at radius 2 is 1.73 bits per heavy atom. The number of hydrogen-bond donors (Lipinski definition) is 0. The minimum atomic E-state index is 0.249. The van der Waals surface area contributed by atoms with E-state index in [4.69, 9.17) is 4.74 Å². The molecule has 1 aromatic heterocycles. The fourth-order valence-corrected chi connectivity index (χ4v) is 1.89. The molecule has 0 aliphatic carbocycles. The molecular weight excluding hydrogens is 190 g/mol. The van der Waals surface area contributed by atoms with Gasteiger partial charge in [0.1, 0.15) is 0 Å². The van der Waals surface area contributed by atoms with E-state index < -0.39 is 0 Å². The lowest BCUT2D eigenvalue weighted by molar-refractivity contribution is -0.00572. The van der Waals surface area contributed by atoms with Crippen LogP contribution in [0.3, 0.4) is 0 Å².